The number of rotatable bonds is 5. The van der Waals surface area contributed by atoms with Crippen LogP contribution in [0.4, 0.5) is 5.69 Å². The van der Waals surface area contributed by atoms with E-state index >= 15 is 0 Å². The minimum Gasteiger partial charge on any atom is -0.478 e. The minimum atomic E-state index is -0.949. The molecular weight excluding hydrogens is 274 g/mol. The van der Waals surface area contributed by atoms with Gasteiger partial charge in [-0.15, -0.1) is 0 Å². The lowest BCUT2D eigenvalue weighted by atomic mass is 9.81. The average molecular weight is 296 g/mol. The summed E-state index contributed by atoms with van der Waals surface area (Å²) in [7, 11) is 0. The third-order valence-electron chi connectivity index (χ3n) is 4.22. The third-order valence-corrected chi connectivity index (χ3v) is 4.53. The predicted molar refractivity (Wildman–Crippen MR) is 82.6 cm³/mol. The van der Waals surface area contributed by atoms with Gasteiger partial charge < -0.3 is 10.4 Å². The van der Waals surface area contributed by atoms with E-state index in [1.807, 2.05) is 0 Å². The monoisotopic (exact) mass is 295 g/mol. The van der Waals surface area contributed by atoms with Gasteiger partial charge in [0.2, 0.25) is 0 Å². The Morgan fingerprint density at radius 2 is 2.05 bits per heavy atom. The van der Waals surface area contributed by atoms with Gasteiger partial charge in [-0.1, -0.05) is 44.2 Å². The zero-order valence-corrected chi connectivity index (χ0v) is 12.6. The number of aromatic carboxylic acids is 1. The number of halogens is 1. The van der Waals surface area contributed by atoms with Crippen LogP contribution in [0.15, 0.2) is 18.2 Å². The predicted octanol–water partition coefficient (Wildman–Crippen LogP) is 4.67. The Morgan fingerprint density at radius 3 is 2.65 bits per heavy atom. The molecule has 0 saturated heterocycles. The van der Waals surface area contributed by atoms with Crippen LogP contribution in [0.2, 0.25) is 5.02 Å². The van der Waals surface area contributed by atoms with Crippen LogP contribution >= 0.6 is 11.6 Å². The first-order valence-corrected chi connectivity index (χ1v) is 7.70. The van der Waals surface area contributed by atoms with Gasteiger partial charge in [-0.05, 0) is 36.5 Å². The molecule has 110 valence electrons. The highest BCUT2D eigenvalue weighted by molar-refractivity contribution is 6.33. The van der Waals surface area contributed by atoms with Crippen molar-refractivity contribution in [3.63, 3.8) is 0 Å². The van der Waals surface area contributed by atoms with Crippen LogP contribution < -0.4 is 5.32 Å². The van der Waals surface area contributed by atoms with Crippen molar-refractivity contribution in [3.8, 4) is 0 Å². The van der Waals surface area contributed by atoms with Gasteiger partial charge in [0.1, 0.15) is 0 Å². The van der Waals surface area contributed by atoms with E-state index in [4.69, 9.17) is 16.7 Å². The molecule has 1 saturated carbocycles. The van der Waals surface area contributed by atoms with E-state index in [1.54, 1.807) is 12.1 Å². The summed E-state index contributed by atoms with van der Waals surface area (Å²) in [6, 6.07) is 4.82. The molecule has 1 aromatic rings. The van der Waals surface area contributed by atoms with Gasteiger partial charge in [-0.25, -0.2) is 4.79 Å². The van der Waals surface area contributed by atoms with E-state index in [2.05, 4.69) is 12.2 Å². The summed E-state index contributed by atoms with van der Waals surface area (Å²) < 4.78 is 0. The van der Waals surface area contributed by atoms with E-state index in [0.29, 0.717) is 5.02 Å². The van der Waals surface area contributed by atoms with Gasteiger partial charge in [-0.3, -0.25) is 0 Å². The summed E-state index contributed by atoms with van der Waals surface area (Å²) in [4.78, 5) is 10.8. The number of anilines is 1. The molecule has 2 N–H and O–H groups in total. The largest absolute Gasteiger partial charge is 0.478 e. The van der Waals surface area contributed by atoms with Crippen LogP contribution in [0.3, 0.4) is 0 Å². The second-order valence-corrected chi connectivity index (χ2v) is 6.25. The zero-order valence-electron chi connectivity index (χ0n) is 11.9. The molecule has 0 aromatic heterocycles. The quantitative estimate of drug-likeness (QED) is 0.830. The number of benzene rings is 1. The Morgan fingerprint density at radius 1 is 1.35 bits per heavy atom. The molecular formula is C16H22ClNO2. The number of hydrogen-bond donors (Lipinski definition) is 2. The van der Waals surface area contributed by atoms with Crippen LogP contribution in [0.1, 0.15) is 49.4 Å². The molecule has 0 bridgehead atoms. The summed E-state index contributed by atoms with van der Waals surface area (Å²) in [6.07, 6.45) is 6.50. The van der Waals surface area contributed by atoms with Crippen LogP contribution in [-0.4, -0.2) is 17.6 Å². The first-order valence-electron chi connectivity index (χ1n) is 7.33. The van der Waals surface area contributed by atoms with Crippen molar-refractivity contribution in [2.75, 3.05) is 11.9 Å². The standard InChI is InChI=1S/C16H22ClNO2/c1-11-2-4-12(5-3-11)8-9-18-15-7-6-13(16(19)20)10-14(15)17/h6-7,10-12,18H,2-5,8-9H2,1H3,(H,19,20). The van der Waals surface area contributed by atoms with E-state index < -0.39 is 5.97 Å². The Kier molecular flexibility index (Phi) is 5.30. The number of hydrogen-bond acceptors (Lipinski definition) is 2. The molecule has 3 nitrogen and oxygen atoms in total. The molecule has 1 aliphatic rings. The van der Waals surface area contributed by atoms with Crippen LogP contribution in [0.25, 0.3) is 0 Å². The lowest BCUT2D eigenvalue weighted by Gasteiger charge is -2.26. The highest BCUT2D eigenvalue weighted by atomic mass is 35.5. The fourth-order valence-corrected chi connectivity index (χ4v) is 3.07. The molecule has 2 rings (SSSR count). The van der Waals surface area contributed by atoms with Crippen molar-refractivity contribution in [2.45, 2.75) is 39.0 Å². The topological polar surface area (TPSA) is 49.3 Å². The lowest BCUT2D eigenvalue weighted by Crippen LogP contribution is -2.15. The molecule has 4 heteroatoms. The summed E-state index contributed by atoms with van der Waals surface area (Å²) in [5.74, 6) is 0.753. The van der Waals surface area contributed by atoms with Crippen molar-refractivity contribution >= 4 is 23.3 Å². The molecule has 0 radical (unpaired) electrons. The van der Waals surface area contributed by atoms with Gasteiger partial charge in [0, 0.05) is 6.54 Å². The van der Waals surface area contributed by atoms with E-state index in [0.717, 1.165) is 30.5 Å². The van der Waals surface area contributed by atoms with Crippen molar-refractivity contribution in [1.82, 2.24) is 0 Å². The second-order valence-electron chi connectivity index (χ2n) is 5.84. The molecule has 0 spiro atoms. The third kappa shape index (κ3) is 4.14. The Bertz CT molecular complexity index is 468. The minimum absolute atomic E-state index is 0.224. The summed E-state index contributed by atoms with van der Waals surface area (Å²) >= 11 is 6.09. The van der Waals surface area contributed by atoms with Gasteiger partial charge in [0.05, 0.1) is 16.3 Å². The number of carbonyl (C=O) groups is 1. The van der Waals surface area contributed by atoms with E-state index in [1.165, 1.54) is 31.7 Å². The Hall–Kier alpha value is -1.22. The van der Waals surface area contributed by atoms with Crippen LogP contribution in [0.5, 0.6) is 0 Å². The molecule has 1 aliphatic carbocycles. The van der Waals surface area contributed by atoms with Crippen LogP contribution in [-0.2, 0) is 0 Å². The van der Waals surface area contributed by atoms with Gasteiger partial charge in [-0.2, -0.15) is 0 Å². The first kappa shape index (κ1) is 15.2. The summed E-state index contributed by atoms with van der Waals surface area (Å²) in [5.41, 5.74) is 1.04. The van der Waals surface area contributed by atoms with Crippen molar-refractivity contribution < 1.29 is 9.90 Å². The highest BCUT2D eigenvalue weighted by Crippen LogP contribution is 2.30. The molecule has 20 heavy (non-hydrogen) atoms. The van der Waals surface area contributed by atoms with Crippen LogP contribution in [0, 0.1) is 11.8 Å². The Labute approximate surface area is 125 Å². The van der Waals surface area contributed by atoms with E-state index in [9.17, 15) is 4.79 Å². The zero-order chi connectivity index (χ0) is 14.5. The first-order chi connectivity index (χ1) is 9.56. The SMILES string of the molecule is CC1CCC(CCNc2ccc(C(=O)O)cc2Cl)CC1. The fourth-order valence-electron chi connectivity index (χ4n) is 2.82. The maximum absolute atomic E-state index is 10.8. The molecule has 0 aliphatic heterocycles. The van der Waals surface area contributed by atoms with Crippen molar-refractivity contribution in [2.24, 2.45) is 11.8 Å². The molecule has 0 atom stereocenters. The molecule has 0 amide bonds. The van der Waals surface area contributed by atoms with Gasteiger partial charge in [0.25, 0.3) is 0 Å². The van der Waals surface area contributed by atoms with Crippen molar-refractivity contribution in [3.05, 3.63) is 28.8 Å². The summed E-state index contributed by atoms with van der Waals surface area (Å²) in [6.45, 7) is 3.23. The van der Waals surface area contributed by atoms with E-state index in [-0.39, 0.29) is 5.56 Å². The number of carboxylic acid groups (broad SMARTS) is 1. The maximum atomic E-state index is 10.8. The molecule has 0 heterocycles. The van der Waals surface area contributed by atoms with Gasteiger partial charge in [0.15, 0.2) is 0 Å². The lowest BCUT2D eigenvalue weighted by molar-refractivity contribution is 0.0697. The molecule has 1 aromatic carbocycles. The smallest absolute Gasteiger partial charge is 0.335 e. The molecule has 1 fully saturated rings. The number of nitrogens with one attached hydrogen (secondary N) is 1. The maximum Gasteiger partial charge on any atom is 0.335 e. The molecule has 0 unspecified atom stereocenters. The second kappa shape index (κ2) is 6.98. The highest BCUT2D eigenvalue weighted by Gasteiger charge is 2.17. The van der Waals surface area contributed by atoms with Crippen molar-refractivity contribution in [1.29, 1.82) is 0 Å². The average Bonchev–Trinajstić information content (AvgIpc) is 2.42. The fraction of sp³-hybridized carbons (Fsp3) is 0.562. The summed E-state index contributed by atoms with van der Waals surface area (Å²) in [5, 5.41) is 12.7. The Balaban J connectivity index is 1.81. The van der Waals surface area contributed by atoms with Gasteiger partial charge >= 0.3 is 5.97 Å². The number of carboxylic acids is 1. The normalized spacial score (nSPS) is 22.5.